The van der Waals surface area contributed by atoms with Crippen molar-refractivity contribution in [2.24, 2.45) is 0 Å². The molecule has 1 aromatic rings. The molecule has 0 aliphatic heterocycles. The van der Waals surface area contributed by atoms with E-state index in [0.717, 1.165) is 0 Å². The Labute approximate surface area is 62.3 Å². The van der Waals surface area contributed by atoms with Crippen molar-refractivity contribution >= 4 is 17.5 Å². The van der Waals surface area contributed by atoms with Gasteiger partial charge in [-0.15, -0.1) is 0 Å². The van der Waals surface area contributed by atoms with Crippen molar-refractivity contribution in [2.45, 2.75) is 0 Å². The van der Waals surface area contributed by atoms with Crippen LogP contribution >= 0.6 is 11.6 Å². The van der Waals surface area contributed by atoms with Crippen LogP contribution in [0.3, 0.4) is 0 Å². The van der Waals surface area contributed by atoms with Crippen LogP contribution in [0.15, 0.2) is 0 Å². The van der Waals surface area contributed by atoms with E-state index in [0.29, 0.717) is 0 Å². The Balaban J connectivity index is 3.23. The molecule has 10 heavy (non-hydrogen) atoms. The summed E-state index contributed by atoms with van der Waals surface area (Å²) in [7, 11) is 0. The maximum atomic E-state index is 8.32. The van der Waals surface area contributed by atoms with Crippen molar-refractivity contribution < 1.29 is 4.98 Å². The molecular formula is C5H2ClN4+. The van der Waals surface area contributed by atoms with E-state index >= 15 is 0 Å². The Morgan fingerprint density at radius 1 is 1.80 bits per heavy atom. The molecule has 0 saturated heterocycles. The summed E-state index contributed by atoms with van der Waals surface area (Å²) in [5, 5.41) is 8.36. The highest BCUT2D eigenvalue weighted by molar-refractivity contribution is 6.30. The van der Waals surface area contributed by atoms with E-state index < -0.39 is 0 Å². The van der Waals surface area contributed by atoms with Crippen molar-refractivity contribution in [1.29, 1.82) is 5.26 Å². The number of nitrogens with zero attached hydrogens (tertiary/aromatic N) is 3. The lowest BCUT2D eigenvalue weighted by Gasteiger charge is -1.77. The fraction of sp³-hybridized carbons (Fsp3) is 0. The van der Waals surface area contributed by atoms with Gasteiger partial charge in [0.05, 0.1) is 0 Å². The van der Waals surface area contributed by atoms with E-state index in [2.05, 4.69) is 16.2 Å². The summed E-state index contributed by atoms with van der Waals surface area (Å²) >= 11 is 5.44. The summed E-state index contributed by atoms with van der Waals surface area (Å²) in [5.74, 6) is 0.0176. The maximum Gasteiger partial charge on any atom is 0.488 e. The van der Waals surface area contributed by atoms with Gasteiger partial charge in [-0.3, -0.25) is 5.73 Å². The lowest BCUT2D eigenvalue weighted by atomic mass is 10.4. The van der Waals surface area contributed by atoms with Gasteiger partial charge in [-0.2, -0.15) is 10.2 Å². The normalized spacial score (nSPS) is 8.00. The molecule has 0 saturated carbocycles. The minimum Gasteiger partial charge on any atom is -0.273 e. The van der Waals surface area contributed by atoms with Gasteiger partial charge in [-0.1, -0.05) is 0 Å². The van der Waals surface area contributed by atoms with Gasteiger partial charge in [0.1, 0.15) is 6.07 Å². The van der Waals surface area contributed by atoms with Crippen LogP contribution in [-0.2, 0) is 0 Å². The van der Waals surface area contributed by atoms with Gasteiger partial charge < -0.3 is 0 Å². The summed E-state index contributed by atoms with van der Waals surface area (Å²) in [6.07, 6.45) is 2.32. The zero-order chi connectivity index (χ0) is 7.56. The van der Waals surface area contributed by atoms with Gasteiger partial charge in [0.25, 0.3) is 0 Å². The van der Waals surface area contributed by atoms with Crippen LogP contribution in [0.1, 0.15) is 5.56 Å². The molecule has 1 heterocycles. The smallest absolute Gasteiger partial charge is 0.273 e. The third kappa shape index (κ3) is 1.07. The second-order valence-electron chi connectivity index (χ2n) is 1.47. The minimum atomic E-state index is 0.0176. The van der Waals surface area contributed by atoms with Crippen LogP contribution in [-0.4, -0.2) is 4.98 Å². The molecule has 1 aromatic heterocycles. The number of rotatable bonds is 0. The average molecular weight is 154 g/mol. The summed E-state index contributed by atoms with van der Waals surface area (Å²) in [6.45, 7) is 0. The lowest BCUT2D eigenvalue weighted by molar-refractivity contribution is -0.280. The van der Waals surface area contributed by atoms with E-state index in [4.69, 9.17) is 22.6 Å². The first-order valence-electron chi connectivity index (χ1n) is 2.35. The lowest BCUT2D eigenvalue weighted by Crippen LogP contribution is -2.06. The van der Waals surface area contributed by atoms with E-state index in [1.165, 1.54) is 0 Å². The molecular weight excluding hydrogens is 152 g/mol. The molecule has 2 N–H and O–H groups in total. The molecule has 0 fully saturated rings. The van der Waals surface area contributed by atoms with Gasteiger partial charge in [0, 0.05) is 0 Å². The number of nitrogens with two attached hydrogens (primary N) is 1. The highest BCUT2D eigenvalue weighted by Crippen LogP contribution is 2.06. The monoisotopic (exact) mass is 153 g/mol. The fourth-order valence-corrected chi connectivity index (χ4v) is 0.583. The molecule has 5 heteroatoms. The molecule has 0 aliphatic carbocycles. The first-order valence-corrected chi connectivity index (χ1v) is 2.72. The van der Waals surface area contributed by atoms with Gasteiger partial charge in [-0.25, -0.2) is 0 Å². The Morgan fingerprint density at radius 3 is 3.00 bits per heavy atom. The zero-order valence-electron chi connectivity index (χ0n) is 4.80. The zero-order valence-corrected chi connectivity index (χ0v) is 5.55. The third-order valence-corrected chi connectivity index (χ3v) is 1.09. The molecule has 0 amide bonds. The van der Waals surface area contributed by atoms with E-state index in [9.17, 15) is 0 Å². The molecule has 0 aliphatic rings. The highest BCUT2D eigenvalue weighted by atomic mass is 35.5. The predicted molar refractivity (Wildman–Crippen MR) is 32.8 cm³/mol. The molecule has 0 atom stereocenters. The van der Waals surface area contributed by atoms with Crippen molar-refractivity contribution in [2.75, 3.05) is 5.73 Å². The Hall–Kier alpha value is -1.52. The number of halogens is 1. The quantitative estimate of drug-likeness (QED) is 0.550. The van der Waals surface area contributed by atoms with Crippen LogP contribution < -0.4 is 10.7 Å². The Kier molecular flexibility index (Phi) is 1.57. The second kappa shape index (κ2) is 2.38. The van der Waals surface area contributed by atoms with Crippen LogP contribution in [0.25, 0.3) is 0 Å². The molecule has 0 aromatic carbocycles. The summed E-state index contributed by atoms with van der Waals surface area (Å²) in [6, 6.07) is 1.75. The van der Waals surface area contributed by atoms with Crippen molar-refractivity contribution in [3.05, 3.63) is 16.9 Å². The van der Waals surface area contributed by atoms with E-state index in [-0.39, 0.29) is 16.7 Å². The number of aromatic nitrogens is 2. The number of hydrogen-bond acceptors (Lipinski definition) is 3. The Morgan fingerprint density at radius 2 is 2.50 bits per heavy atom. The standard InChI is InChI=1S/C5HClN4/c6-4-3(1-7)2-9-5(8)10-4/h8H/p+1. The molecule has 0 unspecified atom stereocenters. The number of anilines is 1. The fourth-order valence-electron chi connectivity index (χ4n) is 0.412. The second-order valence-corrected chi connectivity index (χ2v) is 1.83. The first kappa shape index (κ1) is 6.60. The van der Waals surface area contributed by atoms with Gasteiger partial charge >= 0.3 is 5.95 Å². The largest absolute Gasteiger partial charge is 0.488 e. The van der Waals surface area contributed by atoms with Gasteiger partial charge in [-0.05, 0) is 16.6 Å². The topological polar surface area (TPSA) is 76.8 Å². The third-order valence-electron chi connectivity index (χ3n) is 0.813. The van der Waals surface area contributed by atoms with Crippen LogP contribution in [0.4, 0.5) is 5.95 Å². The molecule has 48 valence electrons. The van der Waals surface area contributed by atoms with Crippen LogP contribution in [0, 0.1) is 17.5 Å². The van der Waals surface area contributed by atoms with Gasteiger partial charge in [0.15, 0.2) is 11.8 Å². The Bertz CT molecular complexity index is 290. The molecule has 4 nitrogen and oxygen atoms in total. The maximum absolute atomic E-state index is 8.32. The summed E-state index contributed by atoms with van der Waals surface area (Å²) in [4.78, 5) is 6.97. The molecule has 0 spiro atoms. The molecule has 1 rings (SSSR count). The molecule has 0 radical (unpaired) electrons. The predicted octanol–water partition coefficient (Wildman–Crippen LogP) is -0.411. The van der Waals surface area contributed by atoms with Crippen molar-refractivity contribution in [3.63, 3.8) is 0 Å². The number of hydrogen-bond donors (Lipinski definition) is 1. The van der Waals surface area contributed by atoms with Gasteiger partial charge in [0.2, 0.25) is 5.15 Å². The SMILES string of the molecule is N#Cc1c#[n+]c(N)nc1Cl. The summed E-state index contributed by atoms with van der Waals surface area (Å²) < 4.78 is 0. The van der Waals surface area contributed by atoms with E-state index in [1.807, 2.05) is 0 Å². The average Bonchev–Trinajstić information content (AvgIpc) is 1.88. The number of nitrogen functional groups attached to an aromatic ring is 1. The minimum absolute atomic E-state index is 0.0176. The molecule has 0 bridgehead atoms. The first-order chi connectivity index (χ1) is 4.74. The van der Waals surface area contributed by atoms with Crippen molar-refractivity contribution in [3.8, 4) is 6.07 Å². The summed E-state index contributed by atoms with van der Waals surface area (Å²) in [5.41, 5.74) is 5.24. The highest BCUT2D eigenvalue weighted by Gasteiger charge is 2.07. The van der Waals surface area contributed by atoms with Crippen LogP contribution in [0.5, 0.6) is 0 Å². The van der Waals surface area contributed by atoms with Crippen LogP contribution in [0.2, 0.25) is 5.15 Å². The van der Waals surface area contributed by atoms with Crippen molar-refractivity contribution in [1.82, 2.24) is 4.98 Å². The van der Waals surface area contributed by atoms with E-state index in [1.54, 1.807) is 6.07 Å². The number of nitriles is 1.